The molecule has 2 unspecified atom stereocenters. The zero-order valence-corrected chi connectivity index (χ0v) is 8.30. The van der Waals surface area contributed by atoms with Crippen LogP contribution in [-0.2, 0) is 0 Å². The summed E-state index contributed by atoms with van der Waals surface area (Å²) in [4.78, 5) is 0. The summed E-state index contributed by atoms with van der Waals surface area (Å²) in [5.41, 5.74) is 5.59. The van der Waals surface area contributed by atoms with Gasteiger partial charge in [-0.2, -0.15) is 0 Å². The molecule has 0 aliphatic heterocycles. The van der Waals surface area contributed by atoms with Crippen LogP contribution in [0, 0.1) is 0 Å². The molecule has 5 heteroatoms. The van der Waals surface area contributed by atoms with E-state index in [1.165, 1.54) is 0 Å². The summed E-state index contributed by atoms with van der Waals surface area (Å²) >= 11 is 10.7. The molecule has 4 N–H and O–H groups in total. The van der Waals surface area contributed by atoms with Gasteiger partial charge in [0, 0.05) is 17.8 Å². The van der Waals surface area contributed by atoms with Gasteiger partial charge in [0.2, 0.25) is 0 Å². The maximum absolute atomic E-state index is 9.09. The first-order valence-electron chi connectivity index (χ1n) is 3.83. The third-order valence-electron chi connectivity index (χ3n) is 1.51. The molecule has 0 fully saturated rings. The van der Waals surface area contributed by atoms with Crippen LogP contribution in [0.15, 0.2) is 0 Å². The van der Waals surface area contributed by atoms with Gasteiger partial charge in [0.05, 0.1) is 12.2 Å². The molecule has 0 aromatic carbocycles. The fraction of sp³-hybridized carbons (Fsp3) is 1.00. The largest absolute Gasteiger partial charge is 0.392 e. The Labute approximate surface area is 82.5 Å². The summed E-state index contributed by atoms with van der Waals surface area (Å²) in [6, 6.07) is -0.243. The fourth-order valence-electron chi connectivity index (χ4n) is 0.921. The van der Waals surface area contributed by atoms with Crippen LogP contribution in [-0.4, -0.2) is 40.2 Å². The Morgan fingerprint density at radius 2 is 1.33 bits per heavy atom. The summed E-state index contributed by atoms with van der Waals surface area (Å²) in [6.45, 7) is 0. The number of hydrogen-bond acceptors (Lipinski definition) is 3. The van der Waals surface area contributed by atoms with Gasteiger partial charge in [-0.05, 0) is 12.8 Å². The van der Waals surface area contributed by atoms with Crippen LogP contribution in [0.25, 0.3) is 0 Å². The van der Waals surface area contributed by atoms with E-state index in [0.717, 1.165) is 0 Å². The van der Waals surface area contributed by atoms with Gasteiger partial charge in [-0.3, -0.25) is 0 Å². The highest BCUT2D eigenvalue weighted by Gasteiger charge is 2.13. The van der Waals surface area contributed by atoms with Crippen LogP contribution in [0.2, 0.25) is 0 Å². The van der Waals surface area contributed by atoms with E-state index in [9.17, 15) is 0 Å². The molecule has 0 aliphatic rings. The minimum atomic E-state index is -0.593. The number of aliphatic hydroxyl groups is 2. The highest BCUT2D eigenvalue weighted by molar-refractivity contribution is 6.18. The number of nitrogens with two attached hydrogens (primary N) is 1. The van der Waals surface area contributed by atoms with Crippen LogP contribution in [0.1, 0.15) is 12.8 Å². The van der Waals surface area contributed by atoms with Crippen molar-refractivity contribution in [3.8, 4) is 0 Å². The lowest BCUT2D eigenvalue weighted by atomic mass is 10.1. The third-order valence-corrected chi connectivity index (χ3v) is 2.22. The van der Waals surface area contributed by atoms with Crippen molar-refractivity contribution < 1.29 is 10.2 Å². The first-order chi connectivity index (χ1) is 5.60. The molecule has 0 aliphatic carbocycles. The Bertz CT molecular complexity index is 104. The lowest BCUT2D eigenvalue weighted by Gasteiger charge is -2.16. The quantitative estimate of drug-likeness (QED) is 0.559. The smallest absolute Gasteiger partial charge is 0.0690 e. The minimum absolute atomic E-state index is 0.171. The van der Waals surface area contributed by atoms with Crippen molar-refractivity contribution in [1.82, 2.24) is 0 Å². The highest BCUT2D eigenvalue weighted by atomic mass is 35.5. The number of hydrogen-bond donors (Lipinski definition) is 3. The Kier molecular flexibility index (Phi) is 7.19. The maximum atomic E-state index is 9.09. The zero-order valence-electron chi connectivity index (χ0n) is 6.79. The Hall–Kier alpha value is 0.460. The van der Waals surface area contributed by atoms with Crippen molar-refractivity contribution in [2.24, 2.45) is 5.73 Å². The van der Waals surface area contributed by atoms with Gasteiger partial charge in [-0.15, -0.1) is 23.2 Å². The Balaban J connectivity index is 3.51. The van der Waals surface area contributed by atoms with Gasteiger partial charge in [-0.25, -0.2) is 0 Å². The molecule has 3 nitrogen and oxygen atoms in total. The van der Waals surface area contributed by atoms with E-state index in [1.807, 2.05) is 0 Å². The summed E-state index contributed by atoms with van der Waals surface area (Å²) in [6.07, 6.45) is -0.386. The lowest BCUT2D eigenvalue weighted by Crippen LogP contribution is -2.31. The molecule has 0 rings (SSSR count). The van der Waals surface area contributed by atoms with Crippen molar-refractivity contribution in [1.29, 1.82) is 0 Å². The predicted molar refractivity (Wildman–Crippen MR) is 50.7 cm³/mol. The molecule has 0 spiro atoms. The van der Waals surface area contributed by atoms with Crippen molar-refractivity contribution in [3.05, 3.63) is 0 Å². The summed E-state index contributed by atoms with van der Waals surface area (Å²) in [7, 11) is 0. The summed E-state index contributed by atoms with van der Waals surface area (Å²) < 4.78 is 0. The standard InChI is InChI=1S/C7H15Cl2NO2/c8-3-6(11)1-5(10)2-7(12)4-9/h5-7,11-12H,1-4,10H2. The van der Waals surface area contributed by atoms with E-state index in [2.05, 4.69) is 0 Å². The van der Waals surface area contributed by atoms with Crippen molar-refractivity contribution in [3.63, 3.8) is 0 Å². The summed E-state index contributed by atoms with van der Waals surface area (Å²) in [5, 5.41) is 18.2. The molecule has 0 bridgehead atoms. The predicted octanol–water partition coefficient (Wildman–Crippen LogP) is 0.293. The molecule has 0 amide bonds. The molecule has 12 heavy (non-hydrogen) atoms. The second-order valence-electron chi connectivity index (χ2n) is 2.85. The van der Waals surface area contributed by atoms with Gasteiger partial charge >= 0.3 is 0 Å². The van der Waals surface area contributed by atoms with Crippen molar-refractivity contribution in [2.45, 2.75) is 31.1 Å². The lowest BCUT2D eigenvalue weighted by molar-refractivity contribution is 0.145. The first-order valence-corrected chi connectivity index (χ1v) is 4.90. The van der Waals surface area contributed by atoms with Crippen LogP contribution >= 0.6 is 23.2 Å². The number of aliphatic hydroxyl groups excluding tert-OH is 2. The fourth-order valence-corrected chi connectivity index (χ4v) is 1.17. The van der Waals surface area contributed by atoms with Gasteiger partial charge < -0.3 is 15.9 Å². The second-order valence-corrected chi connectivity index (χ2v) is 3.46. The van der Waals surface area contributed by atoms with E-state index in [1.54, 1.807) is 0 Å². The third kappa shape index (κ3) is 6.03. The summed E-state index contributed by atoms with van der Waals surface area (Å²) in [5.74, 6) is 0.343. The highest BCUT2D eigenvalue weighted by Crippen LogP contribution is 2.05. The zero-order chi connectivity index (χ0) is 9.56. The normalized spacial score (nSPS) is 18.8. The average molecular weight is 216 g/mol. The Morgan fingerprint density at radius 1 is 1.00 bits per heavy atom. The van der Waals surface area contributed by atoms with Crippen LogP contribution in [0.5, 0.6) is 0 Å². The SMILES string of the molecule is NC(CC(O)CCl)CC(O)CCl. The van der Waals surface area contributed by atoms with Gasteiger partial charge in [-0.1, -0.05) is 0 Å². The van der Waals surface area contributed by atoms with Crippen LogP contribution < -0.4 is 5.73 Å². The van der Waals surface area contributed by atoms with Gasteiger partial charge in [0.25, 0.3) is 0 Å². The van der Waals surface area contributed by atoms with Crippen molar-refractivity contribution in [2.75, 3.05) is 11.8 Å². The van der Waals surface area contributed by atoms with E-state index >= 15 is 0 Å². The number of alkyl halides is 2. The molecular formula is C7H15Cl2NO2. The molecule has 0 radical (unpaired) electrons. The van der Waals surface area contributed by atoms with Crippen LogP contribution in [0.3, 0.4) is 0 Å². The monoisotopic (exact) mass is 215 g/mol. The van der Waals surface area contributed by atoms with E-state index in [-0.39, 0.29) is 17.8 Å². The van der Waals surface area contributed by atoms with Gasteiger partial charge in [0.15, 0.2) is 0 Å². The van der Waals surface area contributed by atoms with Gasteiger partial charge in [0.1, 0.15) is 0 Å². The molecule has 0 heterocycles. The molecule has 0 aromatic heterocycles. The number of halogens is 2. The average Bonchev–Trinajstić information content (AvgIpc) is 2.03. The minimum Gasteiger partial charge on any atom is -0.392 e. The van der Waals surface area contributed by atoms with E-state index in [4.69, 9.17) is 39.1 Å². The topological polar surface area (TPSA) is 66.5 Å². The van der Waals surface area contributed by atoms with E-state index in [0.29, 0.717) is 12.8 Å². The molecule has 0 saturated carbocycles. The molecular weight excluding hydrogens is 201 g/mol. The molecule has 2 atom stereocenters. The second kappa shape index (κ2) is 6.92. The molecule has 0 saturated heterocycles. The number of rotatable bonds is 6. The van der Waals surface area contributed by atoms with Crippen LogP contribution in [0.4, 0.5) is 0 Å². The first kappa shape index (κ1) is 12.5. The molecule has 74 valence electrons. The van der Waals surface area contributed by atoms with E-state index < -0.39 is 12.2 Å². The molecule has 0 aromatic rings. The maximum Gasteiger partial charge on any atom is 0.0690 e. The van der Waals surface area contributed by atoms with Crippen molar-refractivity contribution >= 4 is 23.2 Å². The Morgan fingerprint density at radius 3 is 1.58 bits per heavy atom.